The van der Waals surface area contributed by atoms with Gasteiger partial charge in [-0.3, -0.25) is 4.68 Å². The number of anilines is 2. The van der Waals surface area contributed by atoms with Gasteiger partial charge in [0.15, 0.2) is 0 Å². The SMILES string of the molecule is CCCc1nc(NCC)cc(NCc2cnn(C)c2)n1. The van der Waals surface area contributed by atoms with Gasteiger partial charge in [-0.1, -0.05) is 6.92 Å². The highest BCUT2D eigenvalue weighted by Crippen LogP contribution is 2.13. The number of nitrogens with one attached hydrogen (secondary N) is 2. The third-order valence-electron chi connectivity index (χ3n) is 2.84. The Balaban J connectivity index is 2.08. The molecule has 0 saturated carbocycles. The third kappa shape index (κ3) is 3.94. The maximum absolute atomic E-state index is 4.54. The molecule has 2 heterocycles. The molecular formula is C14H22N6. The standard InChI is InChI=1S/C14H22N6/c1-4-6-12-18-13(15-5-2)7-14(19-12)16-8-11-9-17-20(3)10-11/h7,9-10H,4-6,8H2,1-3H3,(H2,15,16,18,19). The number of rotatable bonds is 7. The topological polar surface area (TPSA) is 67.7 Å². The van der Waals surface area contributed by atoms with Crippen LogP contribution in [0, 0.1) is 0 Å². The lowest BCUT2D eigenvalue weighted by molar-refractivity contribution is 0.767. The van der Waals surface area contributed by atoms with Crippen LogP contribution in [0.2, 0.25) is 0 Å². The average molecular weight is 274 g/mol. The van der Waals surface area contributed by atoms with Gasteiger partial charge < -0.3 is 10.6 Å². The van der Waals surface area contributed by atoms with Gasteiger partial charge in [0.1, 0.15) is 17.5 Å². The van der Waals surface area contributed by atoms with Crippen molar-refractivity contribution in [3.05, 3.63) is 29.8 Å². The first-order valence-electron chi connectivity index (χ1n) is 7.04. The normalized spacial score (nSPS) is 10.6. The summed E-state index contributed by atoms with van der Waals surface area (Å²) >= 11 is 0. The molecule has 108 valence electrons. The second-order valence-electron chi connectivity index (χ2n) is 4.71. The Kier molecular flexibility index (Phi) is 4.92. The zero-order chi connectivity index (χ0) is 14.4. The highest BCUT2D eigenvalue weighted by molar-refractivity contribution is 5.47. The van der Waals surface area contributed by atoms with Crippen molar-refractivity contribution in [1.82, 2.24) is 19.7 Å². The van der Waals surface area contributed by atoms with Crippen LogP contribution in [0.4, 0.5) is 11.6 Å². The average Bonchev–Trinajstić information content (AvgIpc) is 2.83. The molecule has 0 amide bonds. The second kappa shape index (κ2) is 6.88. The van der Waals surface area contributed by atoms with Crippen LogP contribution in [0.1, 0.15) is 31.7 Å². The fourth-order valence-electron chi connectivity index (χ4n) is 1.95. The van der Waals surface area contributed by atoms with Crippen LogP contribution in [0.3, 0.4) is 0 Å². The molecule has 0 aliphatic heterocycles. The summed E-state index contributed by atoms with van der Waals surface area (Å²) in [5.41, 5.74) is 1.13. The van der Waals surface area contributed by atoms with Gasteiger partial charge in [0.05, 0.1) is 6.20 Å². The van der Waals surface area contributed by atoms with Crippen LogP contribution in [0.25, 0.3) is 0 Å². The Hall–Kier alpha value is -2.11. The van der Waals surface area contributed by atoms with Crippen molar-refractivity contribution < 1.29 is 0 Å². The van der Waals surface area contributed by atoms with Crippen LogP contribution in [0.15, 0.2) is 18.5 Å². The van der Waals surface area contributed by atoms with Gasteiger partial charge in [-0.15, -0.1) is 0 Å². The largest absolute Gasteiger partial charge is 0.370 e. The number of aromatic nitrogens is 4. The van der Waals surface area contributed by atoms with Crippen molar-refractivity contribution >= 4 is 11.6 Å². The summed E-state index contributed by atoms with van der Waals surface area (Å²) in [6.07, 6.45) is 5.77. The highest BCUT2D eigenvalue weighted by atomic mass is 15.2. The molecule has 2 aromatic rings. The summed E-state index contributed by atoms with van der Waals surface area (Å²) in [6.45, 7) is 5.75. The lowest BCUT2D eigenvalue weighted by Gasteiger charge is -2.09. The van der Waals surface area contributed by atoms with Crippen LogP contribution in [-0.4, -0.2) is 26.3 Å². The molecule has 6 heteroatoms. The van der Waals surface area contributed by atoms with Crippen LogP contribution in [-0.2, 0) is 20.0 Å². The zero-order valence-corrected chi connectivity index (χ0v) is 12.3. The van der Waals surface area contributed by atoms with Crippen LogP contribution in [0.5, 0.6) is 0 Å². The van der Waals surface area contributed by atoms with Crippen molar-refractivity contribution in [2.24, 2.45) is 7.05 Å². The summed E-state index contributed by atoms with van der Waals surface area (Å²) in [5.74, 6) is 2.60. The van der Waals surface area contributed by atoms with Crippen molar-refractivity contribution in [3.8, 4) is 0 Å². The van der Waals surface area contributed by atoms with Gasteiger partial charge in [0.2, 0.25) is 0 Å². The van der Waals surface area contributed by atoms with E-state index in [1.165, 1.54) is 0 Å². The summed E-state index contributed by atoms with van der Waals surface area (Å²) in [7, 11) is 1.91. The maximum Gasteiger partial charge on any atom is 0.133 e. The molecule has 0 spiro atoms. The van der Waals surface area contributed by atoms with Crippen molar-refractivity contribution in [2.75, 3.05) is 17.2 Å². The first-order chi connectivity index (χ1) is 9.71. The van der Waals surface area contributed by atoms with Gasteiger partial charge in [-0.05, 0) is 13.3 Å². The van der Waals surface area contributed by atoms with Gasteiger partial charge in [-0.2, -0.15) is 5.10 Å². The van der Waals surface area contributed by atoms with Crippen LogP contribution >= 0.6 is 0 Å². The smallest absolute Gasteiger partial charge is 0.133 e. The summed E-state index contributed by atoms with van der Waals surface area (Å²) in [4.78, 5) is 9.03. The monoisotopic (exact) mass is 274 g/mol. The van der Waals surface area contributed by atoms with E-state index in [2.05, 4.69) is 39.5 Å². The Morgan fingerprint density at radius 1 is 1.15 bits per heavy atom. The Labute approximate surface area is 119 Å². The summed E-state index contributed by atoms with van der Waals surface area (Å²) < 4.78 is 1.80. The minimum atomic E-state index is 0.710. The first kappa shape index (κ1) is 14.3. The maximum atomic E-state index is 4.54. The first-order valence-corrected chi connectivity index (χ1v) is 7.04. The van der Waals surface area contributed by atoms with E-state index in [1.54, 1.807) is 4.68 Å². The highest BCUT2D eigenvalue weighted by Gasteiger charge is 2.04. The Bertz CT molecular complexity index is 524. The molecule has 6 nitrogen and oxygen atoms in total. The minimum absolute atomic E-state index is 0.710. The fourth-order valence-corrected chi connectivity index (χ4v) is 1.95. The summed E-state index contributed by atoms with van der Waals surface area (Å²) in [6, 6.07) is 1.94. The molecule has 0 atom stereocenters. The molecule has 2 N–H and O–H groups in total. The molecule has 0 aromatic carbocycles. The lowest BCUT2D eigenvalue weighted by atomic mass is 10.3. The minimum Gasteiger partial charge on any atom is -0.370 e. The predicted octanol–water partition coefficient (Wildman–Crippen LogP) is 2.21. The van der Waals surface area contributed by atoms with E-state index >= 15 is 0 Å². The lowest BCUT2D eigenvalue weighted by Crippen LogP contribution is -2.08. The van der Waals surface area contributed by atoms with E-state index in [0.717, 1.165) is 42.4 Å². The van der Waals surface area contributed by atoms with E-state index < -0.39 is 0 Å². The number of aryl methyl sites for hydroxylation is 2. The quantitative estimate of drug-likeness (QED) is 0.810. The molecule has 0 radical (unpaired) electrons. The Morgan fingerprint density at radius 2 is 1.90 bits per heavy atom. The van der Waals surface area contributed by atoms with Crippen molar-refractivity contribution in [3.63, 3.8) is 0 Å². The summed E-state index contributed by atoms with van der Waals surface area (Å²) in [5, 5.41) is 10.7. The fraction of sp³-hybridized carbons (Fsp3) is 0.500. The van der Waals surface area contributed by atoms with Crippen LogP contribution < -0.4 is 10.6 Å². The number of hydrogen-bond donors (Lipinski definition) is 2. The Morgan fingerprint density at radius 3 is 2.50 bits per heavy atom. The van der Waals surface area contributed by atoms with Gasteiger partial charge >= 0.3 is 0 Å². The van der Waals surface area contributed by atoms with E-state index in [1.807, 2.05) is 25.5 Å². The predicted molar refractivity (Wildman–Crippen MR) is 80.7 cm³/mol. The number of hydrogen-bond acceptors (Lipinski definition) is 5. The van der Waals surface area contributed by atoms with E-state index in [-0.39, 0.29) is 0 Å². The van der Waals surface area contributed by atoms with Crippen molar-refractivity contribution in [2.45, 2.75) is 33.2 Å². The van der Waals surface area contributed by atoms with Gasteiger partial charge in [-0.25, -0.2) is 9.97 Å². The van der Waals surface area contributed by atoms with Gasteiger partial charge in [0, 0.05) is 44.4 Å². The van der Waals surface area contributed by atoms with Crippen molar-refractivity contribution in [1.29, 1.82) is 0 Å². The molecular weight excluding hydrogens is 252 g/mol. The third-order valence-corrected chi connectivity index (χ3v) is 2.84. The number of nitrogens with zero attached hydrogens (tertiary/aromatic N) is 4. The molecule has 2 rings (SSSR count). The zero-order valence-electron chi connectivity index (χ0n) is 12.3. The molecule has 0 fully saturated rings. The van der Waals surface area contributed by atoms with E-state index in [9.17, 15) is 0 Å². The van der Waals surface area contributed by atoms with E-state index in [0.29, 0.717) is 6.54 Å². The second-order valence-corrected chi connectivity index (χ2v) is 4.71. The molecule has 0 unspecified atom stereocenters. The van der Waals surface area contributed by atoms with E-state index in [4.69, 9.17) is 0 Å². The van der Waals surface area contributed by atoms with Gasteiger partial charge in [0.25, 0.3) is 0 Å². The molecule has 2 aromatic heterocycles. The molecule has 0 bridgehead atoms. The molecule has 0 aliphatic rings. The molecule has 0 aliphatic carbocycles. The molecule has 0 saturated heterocycles. The molecule has 20 heavy (non-hydrogen) atoms.